The number of hydrogen-bond donors (Lipinski definition) is 12. The smallest absolute Gasteiger partial charge is 0.322 e. The molecule has 33 heteroatoms. The number of thiocarbonyl (C=S) groups is 4. The lowest BCUT2D eigenvalue weighted by Gasteiger charge is -2.38. The van der Waals surface area contributed by atoms with Crippen LogP contribution in [0.1, 0.15) is 200 Å². The van der Waals surface area contributed by atoms with Gasteiger partial charge in [0.2, 0.25) is 5.78 Å². The molecule has 0 fully saturated rings. The van der Waals surface area contributed by atoms with Gasteiger partial charge in [-0.3, -0.25) is 43.6 Å². The number of carbonyl (C=O) groups is 8. The predicted molar refractivity (Wildman–Crippen MR) is 543 cm³/mol. The van der Waals surface area contributed by atoms with Gasteiger partial charge in [0.25, 0.3) is 0 Å². The average Bonchev–Trinajstić information content (AvgIpc) is 1.58. The van der Waals surface area contributed by atoms with Crippen LogP contribution in [0, 0.1) is 13.8 Å². The highest BCUT2D eigenvalue weighted by Crippen LogP contribution is 2.49. The minimum Gasteiger partial charge on any atom is -0.494 e. The summed E-state index contributed by atoms with van der Waals surface area (Å²) in [5, 5.41) is 32.2. The Morgan fingerprint density at radius 2 is 0.964 bits per heavy atom. The van der Waals surface area contributed by atoms with E-state index in [1.165, 1.54) is 4.90 Å². The van der Waals surface area contributed by atoms with E-state index in [2.05, 4.69) is 90.0 Å². The van der Waals surface area contributed by atoms with Gasteiger partial charge >= 0.3 is 12.1 Å². The van der Waals surface area contributed by atoms with Crippen LogP contribution in [0.4, 0.5) is 15.3 Å². The molecule has 6 aliphatic heterocycles. The molecule has 4 aromatic heterocycles. The van der Waals surface area contributed by atoms with Gasteiger partial charge in [0, 0.05) is 81.5 Å². The number of Topliss-reactive ketones (excluding diaryl/α,β-unsaturated/α-hetero) is 6. The SMILES string of the molecule is CCCCOc1cccc(C2NC(=O)N(C)C3=C2C(=O)c2cccnc23)c1.CCOc1cccc(C2(C)NC(=S)NC3=C2C(=O)c2ccccc23)c1.CCOc1cccc(C2NC(=O)NC3=C2C(=O)c2ccc(C)nc23)c1.Cc1ncc(C2NC(=S)NC3=C2C(=O)c2ccccc23)[nH]1.O=C1C2=C(NC(=S)CN2c2ccccc2)c2ccccc21.O=C1C2=C(NC(=S)NC2c2ncc[nH]2)c2ccccc21. The van der Waals surface area contributed by atoms with Gasteiger partial charge in [0.15, 0.2) is 44.3 Å². The number of ketones is 6. The summed E-state index contributed by atoms with van der Waals surface area (Å²) >= 11 is 21.3. The molecule has 0 radical (unpaired) electrons. The number of para-hydroxylation sites is 1. The Kier molecular flexibility index (Phi) is 25.4. The Morgan fingerprint density at radius 1 is 0.439 bits per heavy atom. The molecule has 29 nitrogen and oxygen atoms in total. The zero-order valence-corrected chi connectivity index (χ0v) is 79.3. The number of hydrogen-bond acceptors (Lipinski definition) is 20. The number of rotatable bonds is 14. The fourth-order valence-electron chi connectivity index (χ4n) is 18.9. The van der Waals surface area contributed by atoms with Gasteiger partial charge in [-0.15, -0.1) is 0 Å². The van der Waals surface area contributed by atoms with Crippen LogP contribution in [0.25, 0.3) is 34.2 Å². The number of aromatic nitrogens is 6. The van der Waals surface area contributed by atoms with Crippen LogP contribution in [0.2, 0.25) is 0 Å². The number of aromatic amines is 2. The third-order valence-corrected chi connectivity index (χ3v) is 26.0. The number of amides is 4. The predicted octanol–water partition coefficient (Wildman–Crippen LogP) is 16.1. The van der Waals surface area contributed by atoms with Gasteiger partial charge in [0.05, 0.1) is 145 Å². The second kappa shape index (κ2) is 38.4. The maximum Gasteiger partial charge on any atom is 0.322 e. The normalized spacial score (nSPS) is 19.2. The molecule has 0 spiro atoms. The summed E-state index contributed by atoms with van der Waals surface area (Å²) in [6, 6.07) is 67.8. The number of benzene rings is 8. The van der Waals surface area contributed by atoms with E-state index in [0.29, 0.717) is 137 Å². The van der Waals surface area contributed by atoms with E-state index in [1.54, 1.807) is 56.1 Å². The van der Waals surface area contributed by atoms with Crippen LogP contribution in [0.3, 0.4) is 0 Å². The topological polar surface area (TPSA) is 374 Å². The Balaban J connectivity index is 0.000000107. The van der Waals surface area contributed by atoms with Crippen molar-refractivity contribution >= 4 is 156 Å². The summed E-state index contributed by atoms with van der Waals surface area (Å²) in [7, 11) is 1.65. The van der Waals surface area contributed by atoms with Crippen LogP contribution in [0.15, 0.2) is 283 Å². The van der Waals surface area contributed by atoms with E-state index in [1.807, 2.05) is 240 Å². The molecule has 0 bridgehead atoms. The minimum atomic E-state index is -0.721. The standard InChI is InChI=1S/C21H21N3O3.C20H18N2O2S.C19H17N3O3.C17H12N2OS.C15H12N4OS.C14H10N4OS/c1-3-4-11-27-14-8-5-7-13(12-14)17-16-19(24(2)21(26)23-17)18-15(20(16)25)9-6-10-22-18;1-3-24-13-8-6-7-12(11-13)20(2)16-17(21-19(25)22-20)14-9-4-5-10-15(14)18(16)23;1-3-25-12-6-4-5-11(9-12)15-14-17(22-19(24)21-15)16-13(18(14)23)8-7-10(2)20-16;20-17-13-9-5-4-8-12(13)15-16(17)19(10-14(21)18-15)11-6-2-1-3-7-11;1-7-16-6-10(17-7)13-11-12(18-15(21)19-13)8-4-2-3-5-9(8)14(11)20;19-12-8-4-2-1-3-7(8)10-9(12)11(18-14(20)17-10)13-15-5-6-16-13/h5-10,12,17H,3-4,11H2,1-2H3,(H,23,26);4-11H,3H2,1-2H3,(H2,21,22,25);4-9,15H,3H2,1-2H3,(H2,21,22,24);1-9H,10H2,(H,18,21);2-6,13H,1H3,(H,16,17)(H2,18,19,21);1-6,11H,(H,15,16)(H2,17,18,20). The van der Waals surface area contributed by atoms with Crippen molar-refractivity contribution in [1.29, 1.82) is 0 Å². The summed E-state index contributed by atoms with van der Waals surface area (Å²) < 4.78 is 17.0. The summed E-state index contributed by atoms with van der Waals surface area (Å²) in [6.45, 7) is 14.0. The third-order valence-electron chi connectivity index (χ3n) is 25.1. The number of H-pyrrole nitrogens is 2. The average molecular weight is 1920 g/mol. The molecule has 12 aromatic rings. The Labute approximate surface area is 820 Å². The molecule has 694 valence electrons. The number of urea groups is 2. The lowest BCUT2D eigenvalue weighted by molar-refractivity contribution is 0.101. The largest absolute Gasteiger partial charge is 0.494 e. The molecule has 6 aliphatic carbocycles. The maximum absolute atomic E-state index is 13.1. The molecule has 12 N–H and O–H groups in total. The first-order chi connectivity index (χ1) is 67.4. The van der Waals surface area contributed by atoms with Crippen LogP contribution in [-0.2, 0) is 5.54 Å². The molecular weight excluding hydrogens is 1830 g/mol. The molecule has 0 saturated heterocycles. The number of allylic oxidation sites excluding steroid dienone is 1. The Bertz CT molecular complexity index is 7440. The summed E-state index contributed by atoms with van der Waals surface area (Å²) in [6.07, 6.45) is 8.80. The zero-order chi connectivity index (χ0) is 96.8. The van der Waals surface area contributed by atoms with Crippen molar-refractivity contribution in [2.75, 3.05) is 38.3 Å². The minimum absolute atomic E-state index is 0.0134. The van der Waals surface area contributed by atoms with Gasteiger partial charge in [-0.25, -0.2) is 19.6 Å². The lowest BCUT2D eigenvalue weighted by atomic mass is 9.81. The second-order valence-corrected chi connectivity index (χ2v) is 35.6. The highest BCUT2D eigenvalue weighted by Gasteiger charge is 2.49. The van der Waals surface area contributed by atoms with Crippen molar-refractivity contribution in [3.63, 3.8) is 0 Å². The summed E-state index contributed by atoms with van der Waals surface area (Å²) in [5.41, 5.74) is 21.2. The van der Waals surface area contributed by atoms with E-state index in [9.17, 15) is 38.4 Å². The summed E-state index contributed by atoms with van der Waals surface area (Å²) in [5.74, 6) is 3.61. The maximum atomic E-state index is 13.1. The van der Waals surface area contributed by atoms with E-state index in [0.717, 1.165) is 120 Å². The number of unbranched alkanes of at least 4 members (excludes halogenated alkanes) is 1. The number of nitrogens with zero attached hydrogens (tertiary/aromatic N) is 6. The molecule has 0 saturated carbocycles. The zero-order valence-electron chi connectivity index (χ0n) is 76.0. The van der Waals surface area contributed by atoms with Crippen molar-refractivity contribution in [3.05, 3.63) is 390 Å². The fraction of sp³-hybridized carbons (Fsp3) is 0.170. The van der Waals surface area contributed by atoms with Gasteiger partial charge in [-0.1, -0.05) is 177 Å². The number of imidazole rings is 2. The van der Waals surface area contributed by atoms with Crippen LogP contribution >= 0.6 is 48.9 Å². The quantitative estimate of drug-likeness (QED) is 0.0355. The number of fused-ring (bicyclic) bond motifs is 12. The third kappa shape index (κ3) is 17.3. The Morgan fingerprint density at radius 3 is 1.58 bits per heavy atom. The van der Waals surface area contributed by atoms with E-state index in [4.69, 9.17) is 63.1 Å². The fourth-order valence-corrected chi connectivity index (χ4v) is 19.9. The first-order valence-corrected chi connectivity index (χ1v) is 46.8. The van der Waals surface area contributed by atoms with Crippen molar-refractivity contribution < 1.29 is 52.6 Å². The number of anilines is 1. The molecule has 5 atom stereocenters. The van der Waals surface area contributed by atoms with E-state index in [-0.39, 0.29) is 58.8 Å². The number of nitrogens with one attached hydrogen (secondary N) is 12. The first-order valence-electron chi connectivity index (χ1n) is 45.1. The van der Waals surface area contributed by atoms with Gasteiger partial charge in [-0.05, 0) is 167 Å². The molecule has 12 aliphatic rings. The van der Waals surface area contributed by atoms with E-state index >= 15 is 0 Å². The molecule has 4 amide bonds. The number of carbonyl (C=O) groups excluding carboxylic acids is 8. The molecule has 8 aromatic carbocycles. The molecular formula is C106H90N18O11S4. The molecule has 139 heavy (non-hydrogen) atoms. The van der Waals surface area contributed by atoms with E-state index < -0.39 is 17.6 Å². The van der Waals surface area contributed by atoms with Crippen molar-refractivity contribution in [1.82, 2.24) is 88.0 Å². The number of pyridine rings is 2. The molecule has 24 rings (SSSR count). The van der Waals surface area contributed by atoms with Crippen molar-refractivity contribution in [3.8, 4) is 17.2 Å². The van der Waals surface area contributed by atoms with Crippen molar-refractivity contribution in [2.45, 2.75) is 84.1 Å². The highest BCUT2D eigenvalue weighted by molar-refractivity contribution is 7.81. The second-order valence-electron chi connectivity index (χ2n) is 33.9. The van der Waals surface area contributed by atoms with Gasteiger partial charge < -0.3 is 82.2 Å². The number of aryl methyl sites for hydroxylation is 2. The summed E-state index contributed by atoms with van der Waals surface area (Å²) in [4.78, 5) is 130. The van der Waals surface area contributed by atoms with Crippen molar-refractivity contribution in [2.24, 2.45) is 0 Å². The molecule has 5 unspecified atom stereocenters. The van der Waals surface area contributed by atoms with Crippen LogP contribution in [-0.4, -0.2) is 135 Å². The van der Waals surface area contributed by atoms with Gasteiger partial charge in [0.1, 0.15) is 46.7 Å². The highest BCUT2D eigenvalue weighted by atomic mass is 32.1. The monoisotopic (exact) mass is 1920 g/mol. The van der Waals surface area contributed by atoms with Crippen LogP contribution < -0.4 is 72.3 Å². The lowest BCUT2D eigenvalue weighted by Crippen LogP contribution is -2.54. The first kappa shape index (κ1) is 91.7. The Hall–Kier alpha value is -16.4. The molecule has 10 heterocycles. The number of ether oxygens (including phenoxy) is 3. The van der Waals surface area contributed by atoms with Gasteiger partial charge in [-0.2, -0.15) is 0 Å². The van der Waals surface area contributed by atoms with Crippen LogP contribution in [0.5, 0.6) is 17.2 Å².